The first-order chi connectivity index (χ1) is 16.0. The number of nitro benzene ring substituents is 1. The monoisotopic (exact) mass is 487 g/mol. The molecule has 0 spiro atoms. The lowest BCUT2D eigenvalue weighted by molar-refractivity contribution is -0.384. The number of H-pyrrole nitrogens is 1. The quantitative estimate of drug-likeness (QED) is 0.271. The van der Waals surface area contributed by atoms with Gasteiger partial charge in [0.05, 0.1) is 11.5 Å². The van der Waals surface area contributed by atoms with Crippen LogP contribution in [0.4, 0.5) is 11.4 Å². The molecular formula is C24H30ClN5O4. The number of non-ortho nitro benzene ring substituents is 1. The highest BCUT2D eigenvalue weighted by atomic mass is 35.5. The highest BCUT2D eigenvalue weighted by molar-refractivity contribution is 5.85. The van der Waals surface area contributed by atoms with Gasteiger partial charge in [0.25, 0.3) is 5.69 Å². The molecule has 0 saturated carbocycles. The van der Waals surface area contributed by atoms with Crippen LogP contribution >= 0.6 is 12.4 Å². The largest absolute Gasteiger partial charge is 0.494 e. The maximum atomic E-state index is 12.6. The molecule has 1 amide bonds. The van der Waals surface area contributed by atoms with Gasteiger partial charge in [-0.3, -0.25) is 14.9 Å². The van der Waals surface area contributed by atoms with E-state index >= 15 is 0 Å². The molecule has 1 aliphatic heterocycles. The van der Waals surface area contributed by atoms with E-state index in [-0.39, 0.29) is 24.0 Å². The van der Waals surface area contributed by atoms with Gasteiger partial charge in [0, 0.05) is 67.5 Å². The molecule has 1 aromatic heterocycles. The van der Waals surface area contributed by atoms with Gasteiger partial charge in [-0.25, -0.2) is 0 Å². The smallest absolute Gasteiger partial charge is 0.269 e. The SMILES string of the molecule is Cl.NCCc1c[nH]c2ccc(OCCCC(=O)N3CCN(c4ccc([N+](=O)[O-])cc4)CC3)cc12. The molecule has 0 radical (unpaired) electrons. The van der Waals surface area contributed by atoms with Crippen molar-refractivity contribution >= 4 is 40.6 Å². The normalized spacial score (nSPS) is 13.6. The van der Waals surface area contributed by atoms with Crippen molar-refractivity contribution in [2.24, 2.45) is 5.73 Å². The maximum absolute atomic E-state index is 12.6. The molecule has 182 valence electrons. The number of piperazine rings is 1. The lowest BCUT2D eigenvalue weighted by Crippen LogP contribution is -2.48. The van der Waals surface area contributed by atoms with Gasteiger partial charge in [0.15, 0.2) is 0 Å². The lowest BCUT2D eigenvalue weighted by atomic mass is 10.1. The van der Waals surface area contributed by atoms with Gasteiger partial charge >= 0.3 is 0 Å². The summed E-state index contributed by atoms with van der Waals surface area (Å²) in [6, 6.07) is 12.5. The summed E-state index contributed by atoms with van der Waals surface area (Å²) in [4.78, 5) is 30.3. The number of nitrogens with two attached hydrogens (primary N) is 1. The van der Waals surface area contributed by atoms with Crippen molar-refractivity contribution in [3.8, 4) is 5.75 Å². The van der Waals surface area contributed by atoms with Crippen LogP contribution < -0.4 is 15.4 Å². The second-order valence-electron chi connectivity index (χ2n) is 8.15. The van der Waals surface area contributed by atoms with E-state index in [1.807, 2.05) is 29.3 Å². The van der Waals surface area contributed by atoms with Crippen molar-refractivity contribution in [1.29, 1.82) is 0 Å². The molecule has 3 N–H and O–H groups in total. The van der Waals surface area contributed by atoms with E-state index in [1.54, 1.807) is 12.1 Å². The molecule has 0 unspecified atom stereocenters. The van der Waals surface area contributed by atoms with Crippen LogP contribution in [0.2, 0.25) is 0 Å². The van der Waals surface area contributed by atoms with E-state index in [0.29, 0.717) is 52.2 Å². The molecule has 1 aliphatic rings. The first kappa shape index (κ1) is 25.3. The van der Waals surface area contributed by atoms with Crippen LogP contribution in [-0.4, -0.2) is 60.0 Å². The summed E-state index contributed by atoms with van der Waals surface area (Å²) in [6.45, 7) is 3.79. The van der Waals surface area contributed by atoms with Gasteiger partial charge < -0.3 is 25.3 Å². The van der Waals surface area contributed by atoms with Gasteiger partial charge in [0.1, 0.15) is 5.75 Å². The molecule has 10 heteroatoms. The summed E-state index contributed by atoms with van der Waals surface area (Å²) in [5.41, 5.74) is 8.95. The van der Waals surface area contributed by atoms with Gasteiger partial charge in [-0.1, -0.05) is 0 Å². The number of nitrogens with one attached hydrogen (secondary N) is 1. The molecule has 0 atom stereocenters. The number of hydrogen-bond acceptors (Lipinski definition) is 6. The summed E-state index contributed by atoms with van der Waals surface area (Å²) in [6.07, 6.45) is 3.90. The molecular weight excluding hydrogens is 458 g/mol. The zero-order chi connectivity index (χ0) is 23.2. The molecule has 1 saturated heterocycles. The number of rotatable bonds is 9. The number of halogens is 1. The van der Waals surface area contributed by atoms with Crippen LogP contribution in [0.3, 0.4) is 0 Å². The van der Waals surface area contributed by atoms with Gasteiger partial charge in [-0.05, 0) is 55.3 Å². The van der Waals surface area contributed by atoms with E-state index in [9.17, 15) is 14.9 Å². The van der Waals surface area contributed by atoms with Gasteiger partial charge in [-0.2, -0.15) is 0 Å². The van der Waals surface area contributed by atoms with E-state index in [4.69, 9.17) is 10.5 Å². The third-order valence-corrected chi connectivity index (χ3v) is 6.01. The summed E-state index contributed by atoms with van der Waals surface area (Å²) in [5.74, 6) is 0.929. The van der Waals surface area contributed by atoms with Crippen LogP contribution in [0.25, 0.3) is 10.9 Å². The average molecular weight is 488 g/mol. The molecule has 2 aromatic carbocycles. The predicted octanol–water partition coefficient (Wildman–Crippen LogP) is 3.51. The third kappa shape index (κ3) is 5.98. The minimum atomic E-state index is -0.401. The number of aromatic nitrogens is 1. The van der Waals surface area contributed by atoms with Crippen molar-refractivity contribution in [2.75, 3.05) is 44.2 Å². The number of nitrogens with zero attached hydrogens (tertiary/aromatic N) is 3. The Labute approximate surface area is 204 Å². The molecule has 9 nitrogen and oxygen atoms in total. The number of carbonyl (C=O) groups is 1. The average Bonchev–Trinajstić information content (AvgIpc) is 3.24. The fraction of sp³-hybridized carbons (Fsp3) is 0.375. The van der Waals surface area contributed by atoms with Crippen LogP contribution in [0.1, 0.15) is 18.4 Å². The topological polar surface area (TPSA) is 118 Å². The molecule has 2 heterocycles. The first-order valence-corrected chi connectivity index (χ1v) is 11.2. The Bertz CT molecular complexity index is 1110. The number of ether oxygens (including phenoxy) is 1. The number of amides is 1. The Morgan fingerprint density at radius 3 is 2.53 bits per heavy atom. The van der Waals surface area contributed by atoms with E-state index in [1.165, 1.54) is 17.7 Å². The number of carbonyl (C=O) groups excluding carboxylic acids is 1. The summed E-state index contributed by atoms with van der Waals surface area (Å²) >= 11 is 0. The number of anilines is 1. The van der Waals surface area contributed by atoms with Gasteiger partial charge in [-0.15, -0.1) is 12.4 Å². The highest BCUT2D eigenvalue weighted by Crippen LogP contribution is 2.24. The molecule has 0 aliphatic carbocycles. The van der Waals surface area contributed by atoms with Crippen molar-refractivity contribution in [2.45, 2.75) is 19.3 Å². The van der Waals surface area contributed by atoms with Crippen LogP contribution in [0.15, 0.2) is 48.7 Å². The third-order valence-electron chi connectivity index (χ3n) is 6.01. The van der Waals surface area contributed by atoms with E-state index < -0.39 is 4.92 Å². The zero-order valence-corrected chi connectivity index (χ0v) is 19.8. The Balaban J connectivity index is 0.00000324. The highest BCUT2D eigenvalue weighted by Gasteiger charge is 2.21. The van der Waals surface area contributed by atoms with Crippen LogP contribution in [0, 0.1) is 10.1 Å². The summed E-state index contributed by atoms with van der Waals surface area (Å²) in [5, 5.41) is 11.9. The lowest BCUT2D eigenvalue weighted by Gasteiger charge is -2.36. The first-order valence-electron chi connectivity index (χ1n) is 11.2. The number of hydrogen-bond donors (Lipinski definition) is 2. The Kier molecular flexibility index (Phi) is 8.72. The number of aromatic amines is 1. The second kappa shape index (κ2) is 11.7. The number of benzene rings is 2. The van der Waals surface area contributed by atoms with Crippen molar-refractivity contribution in [3.63, 3.8) is 0 Å². The van der Waals surface area contributed by atoms with Crippen molar-refractivity contribution < 1.29 is 14.5 Å². The predicted molar refractivity (Wildman–Crippen MR) is 135 cm³/mol. The Morgan fingerprint density at radius 2 is 1.85 bits per heavy atom. The van der Waals surface area contributed by atoms with E-state index in [2.05, 4.69) is 9.88 Å². The molecule has 34 heavy (non-hydrogen) atoms. The maximum Gasteiger partial charge on any atom is 0.269 e. The second-order valence-corrected chi connectivity index (χ2v) is 8.15. The Morgan fingerprint density at radius 1 is 1.12 bits per heavy atom. The standard InChI is InChI=1S/C24H29N5O4.ClH/c25-10-9-18-17-26-23-8-7-21(16-22(18)23)33-15-1-2-24(30)28-13-11-27(12-14-28)19-3-5-20(6-4-19)29(31)32;/h3-8,16-17,26H,1-2,9-15,25H2;1H. The fourth-order valence-corrected chi connectivity index (χ4v) is 4.18. The summed E-state index contributed by atoms with van der Waals surface area (Å²) in [7, 11) is 0. The minimum absolute atomic E-state index is 0. The molecule has 4 rings (SSSR count). The van der Waals surface area contributed by atoms with E-state index in [0.717, 1.165) is 28.8 Å². The van der Waals surface area contributed by atoms with Crippen molar-refractivity contribution in [3.05, 3.63) is 64.3 Å². The van der Waals surface area contributed by atoms with Gasteiger partial charge in [0.2, 0.25) is 5.91 Å². The van der Waals surface area contributed by atoms with Crippen molar-refractivity contribution in [1.82, 2.24) is 9.88 Å². The Hall–Kier alpha value is -3.30. The number of fused-ring (bicyclic) bond motifs is 1. The minimum Gasteiger partial charge on any atom is -0.494 e. The number of nitro groups is 1. The molecule has 0 bridgehead atoms. The fourth-order valence-electron chi connectivity index (χ4n) is 4.18. The molecule has 1 fully saturated rings. The molecule has 3 aromatic rings. The van der Waals surface area contributed by atoms with Crippen LogP contribution in [-0.2, 0) is 11.2 Å². The van der Waals surface area contributed by atoms with Crippen LogP contribution in [0.5, 0.6) is 5.75 Å². The zero-order valence-electron chi connectivity index (χ0n) is 18.9. The summed E-state index contributed by atoms with van der Waals surface area (Å²) < 4.78 is 5.88.